The maximum atomic E-state index is 12.3. The minimum Gasteiger partial charge on any atom is -0.396 e. The number of piperidine rings is 1. The Morgan fingerprint density at radius 3 is 2.40 bits per heavy atom. The molecule has 3 N–H and O–H groups in total. The van der Waals surface area contributed by atoms with Crippen LogP contribution in [-0.2, 0) is 4.79 Å². The number of carbonyl (C=O) groups excluding carboxylic acids is 1. The molecule has 3 rings (SSSR count). The van der Waals surface area contributed by atoms with Crippen LogP contribution in [0.5, 0.6) is 0 Å². The minimum absolute atomic E-state index is 0.251. The number of aliphatic hydroxyl groups excluding tert-OH is 1. The normalized spacial score (nSPS) is 16.5. The van der Waals surface area contributed by atoms with Gasteiger partial charge in [-0.3, -0.25) is 10.0 Å². The summed E-state index contributed by atoms with van der Waals surface area (Å²) < 4.78 is 0. The zero-order valence-electron chi connectivity index (χ0n) is 14.1. The monoisotopic (exact) mass is 340 g/mol. The lowest BCUT2D eigenvalue weighted by atomic mass is 9.90. The van der Waals surface area contributed by atoms with Crippen molar-refractivity contribution in [1.82, 2.24) is 5.48 Å². The van der Waals surface area contributed by atoms with Crippen molar-refractivity contribution in [2.45, 2.75) is 18.8 Å². The van der Waals surface area contributed by atoms with E-state index in [-0.39, 0.29) is 6.61 Å². The highest BCUT2D eigenvalue weighted by atomic mass is 16.5. The third-order valence-corrected chi connectivity index (χ3v) is 4.95. The molecule has 1 aliphatic heterocycles. The van der Waals surface area contributed by atoms with Crippen LogP contribution in [0.2, 0.25) is 0 Å². The van der Waals surface area contributed by atoms with E-state index in [4.69, 9.17) is 5.21 Å². The van der Waals surface area contributed by atoms with E-state index < -0.39 is 11.8 Å². The van der Waals surface area contributed by atoms with Gasteiger partial charge in [0.05, 0.1) is 5.92 Å². The molecule has 1 unspecified atom stereocenters. The highest BCUT2D eigenvalue weighted by Gasteiger charge is 2.24. The first-order valence-electron chi connectivity index (χ1n) is 8.67. The molecular formula is C20H24N2O3. The van der Waals surface area contributed by atoms with Crippen LogP contribution in [0.4, 0.5) is 5.69 Å². The van der Waals surface area contributed by atoms with E-state index in [1.807, 2.05) is 54.6 Å². The second-order valence-electron chi connectivity index (χ2n) is 6.53. The number of nitrogens with one attached hydrogen (secondary N) is 1. The average molecular weight is 340 g/mol. The summed E-state index contributed by atoms with van der Waals surface area (Å²) in [5.74, 6) is -0.611. The Morgan fingerprint density at radius 2 is 1.76 bits per heavy atom. The van der Waals surface area contributed by atoms with Crippen LogP contribution in [0.15, 0.2) is 54.6 Å². The number of hydroxylamine groups is 1. The number of carbonyl (C=O) groups is 1. The fourth-order valence-electron chi connectivity index (χ4n) is 3.48. The van der Waals surface area contributed by atoms with Gasteiger partial charge in [-0.05, 0) is 42.0 Å². The maximum absolute atomic E-state index is 12.3. The van der Waals surface area contributed by atoms with Crippen LogP contribution >= 0.6 is 0 Å². The molecule has 2 aromatic rings. The zero-order chi connectivity index (χ0) is 17.6. The summed E-state index contributed by atoms with van der Waals surface area (Å²) in [4.78, 5) is 14.6. The Bertz CT molecular complexity index is 697. The Kier molecular flexibility index (Phi) is 5.68. The molecule has 1 saturated heterocycles. The van der Waals surface area contributed by atoms with Crippen LogP contribution in [0, 0.1) is 5.92 Å². The lowest BCUT2D eigenvalue weighted by Gasteiger charge is -2.33. The van der Waals surface area contributed by atoms with Crippen molar-refractivity contribution in [2.24, 2.45) is 5.92 Å². The molecule has 1 amide bonds. The van der Waals surface area contributed by atoms with Crippen LogP contribution in [0.3, 0.4) is 0 Å². The number of anilines is 1. The number of hydrogen-bond acceptors (Lipinski definition) is 4. The highest BCUT2D eigenvalue weighted by molar-refractivity contribution is 5.86. The highest BCUT2D eigenvalue weighted by Crippen LogP contribution is 2.30. The molecular weight excluding hydrogens is 316 g/mol. The molecule has 2 aromatic carbocycles. The Labute approximate surface area is 147 Å². The fraction of sp³-hybridized carbons (Fsp3) is 0.350. The summed E-state index contributed by atoms with van der Waals surface area (Å²) in [5.41, 5.74) is 4.55. The summed E-state index contributed by atoms with van der Waals surface area (Å²) in [6.45, 7) is 2.05. The first-order chi connectivity index (χ1) is 12.2. The molecule has 1 aliphatic rings. The first kappa shape index (κ1) is 17.5. The van der Waals surface area contributed by atoms with Crippen LogP contribution < -0.4 is 10.4 Å². The quantitative estimate of drug-likeness (QED) is 0.578. The second-order valence-corrected chi connectivity index (χ2v) is 6.53. The van der Waals surface area contributed by atoms with E-state index in [0.717, 1.165) is 42.7 Å². The van der Waals surface area contributed by atoms with E-state index >= 15 is 0 Å². The standard InChI is InChI=1S/C20H24N2O3/c23-14-15-9-11-22(12-10-15)18-8-4-7-17(13-18)19(20(24)21-25)16-5-2-1-3-6-16/h1-8,13,15,19,23,25H,9-12,14H2,(H,21,24). The van der Waals surface area contributed by atoms with Crippen molar-refractivity contribution in [1.29, 1.82) is 0 Å². The smallest absolute Gasteiger partial charge is 0.255 e. The van der Waals surface area contributed by atoms with Crippen LogP contribution in [-0.4, -0.2) is 35.9 Å². The van der Waals surface area contributed by atoms with Crippen molar-refractivity contribution in [3.8, 4) is 0 Å². The number of nitrogens with zero attached hydrogens (tertiary/aromatic N) is 1. The largest absolute Gasteiger partial charge is 0.396 e. The van der Waals surface area contributed by atoms with Gasteiger partial charge in [-0.15, -0.1) is 0 Å². The third kappa shape index (κ3) is 4.00. The molecule has 0 spiro atoms. The Morgan fingerprint density at radius 1 is 1.08 bits per heavy atom. The topological polar surface area (TPSA) is 72.8 Å². The molecule has 0 radical (unpaired) electrons. The Balaban J connectivity index is 1.87. The van der Waals surface area contributed by atoms with Gasteiger partial charge in [0, 0.05) is 25.4 Å². The summed E-state index contributed by atoms with van der Waals surface area (Å²) >= 11 is 0. The molecule has 0 aliphatic carbocycles. The van der Waals surface area contributed by atoms with Gasteiger partial charge in [0.2, 0.25) is 0 Å². The Hall–Kier alpha value is -2.37. The molecule has 1 heterocycles. The van der Waals surface area contributed by atoms with Crippen molar-refractivity contribution in [3.05, 3.63) is 65.7 Å². The van der Waals surface area contributed by atoms with Gasteiger partial charge in [-0.25, -0.2) is 5.48 Å². The fourth-order valence-corrected chi connectivity index (χ4v) is 3.48. The number of hydrogen-bond donors (Lipinski definition) is 3. The van der Waals surface area contributed by atoms with Gasteiger partial charge in [0.15, 0.2) is 0 Å². The van der Waals surface area contributed by atoms with E-state index in [1.165, 1.54) is 0 Å². The van der Waals surface area contributed by atoms with Crippen molar-refractivity contribution in [2.75, 3.05) is 24.6 Å². The van der Waals surface area contributed by atoms with Crippen molar-refractivity contribution >= 4 is 11.6 Å². The summed E-state index contributed by atoms with van der Waals surface area (Å²) in [6, 6.07) is 17.4. The van der Waals surface area contributed by atoms with Gasteiger partial charge >= 0.3 is 0 Å². The SMILES string of the molecule is O=C(NO)C(c1ccccc1)c1cccc(N2CCC(CO)CC2)c1. The van der Waals surface area contributed by atoms with Crippen LogP contribution in [0.1, 0.15) is 29.9 Å². The predicted octanol–water partition coefficient (Wildman–Crippen LogP) is 2.53. The van der Waals surface area contributed by atoms with Gasteiger partial charge in [0.25, 0.3) is 5.91 Å². The number of rotatable bonds is 5. The molecule has 0 bridgehead atoms. The summed E-state index contributed by atoms with van der Waals surface area (Å²) in [7, 11) is 0. The van der Waals surface area contributed by atoms with Gasteiger partial charge < -0.3 is 10.0 Å². The van der Waals surface area contributed by atoms with Crippen molar-refractivity contribution < 1.29 is 15.1 Å². The maximum Gasteiger partial charge on any atom is 0.255 e. The molecule has 132 valence electrons. The number of aliphatic hydroxyl groups is 1. The molecule has 0 aromatic heterocycles. The average Bonchev–Trinajstić information content (AvgIpc) is 2.69. The van der Waals surface area contributed by atoms with Gasteiger partial charge in [-0.2, -0.15) is 0 Å². The molecule has 1 fully saturated rings. The van der Waals surface area contributed by atoms with Crippen molar-refractivity contribution in [3.63, 3.8) is 0 Å². The van der Waals surface area contributed by atoms with Gasteiger partial charge in [-0.1, -0.05) is 42.5 Å². The summed E-state index contributed by atoms with van der Waals surface area (Å²) in [6.07, 6.45) is 1.94. The first-order valence-corrected chi connectivity index (χ1v) is 8.67. The molecule has 25 heavy (non-hydrogen) atoms. The lowest BCUT2D eigenvalue weighted by molar-refractivity contribution is -0.129. The van der Waals surface area contributed by atoms with Crippen LogP contribution in [0.25, 0.3) is 0 Å². The summed E-state index contributed by atoms with van der Waals surface area (Å²) in [5, 5.41) is 18.5. The molecule has 0 saturated carbocycles. The minimum atomic E-state index is -0.555. The van der Waals surface area contributed by atoms with E-state index in [2.05, 4.69) is 4.90 Å². The van der Waals surface area contributed by atoms with E-state index in [0.29, 0.717) is 5.92 Å². The number of benzene rings is 2. The second kappa shape index (κ2) is 8.14. The van der Waals surface area contributed by atoms with Gasteiger partial charge in [0.1, 0.15) is 0 Å². The van der Waals surface area contributed by atoms with E-state index in [1.54, 1.807) is 5.48 Å². The molecule has 5 nitrogen and oxygen atoms in total. The van der Waals surface area contributed by atoms with E-state index in [9.17, 15) is 9.90 Å². The zero-order valence-corrected chi connectivity index (χ0v) is 14.1. The molecule has 1 atom stereocenters. The predicted molar refractivity (Wildman–Crippen MR) is 96.7 cm³/mol. The number of amides is 1. The lowest BCUT2D eigenvalue weighted by Crippen LogP contribution is -2.35. The molecule has 5 heteroatoms. The third-order valence-electron chi connectivity index (χ3n) is 4.95.